The van der Waals surface area contributed by atoms with Crippen molar-refractivity contribution in [3.63, 3.8) is 0 Å². The molecule has 0 saturated carbocycles. The lowest BCUT2D eigenvalue weighted by atomic mass is 10.0. The molecule has 0 atom stereocenters. The van der Waals surface area contributed by atoms with E-state index < -0.39 is 5.91 Å². The highest BCUT2D eigenvalue weighted by Crippen LogP contribution is 2.40. The van der Waals surface area contributed by atoms with Gasteiger partial charge in [-0.15, -0.1) is 10.2 Å². The Morgan fingerprint density at radius 1 is 1.11 bits per heavy atom. The largest absolute Gasteiger partial charge is 0.505 e. The molecule has 0 fully saturated rings. The van der Waals surface area contributed by atoms with Crippen molar-refractivity contribution in [3.05, 3.63) is 59.7 Å². The van der Waals surface area contributed by atoms with Crippen LogP contribution in [-0.4, -0.2) is 31.1 Å². The zero-order valence-corrected chi connectivity index (χ0v) is 15.3. The molecule has 142 valence electrons. The van der Waals surface area contributed by atoms with E-state index in [1.807, 2.05) is 0 Å². The minimum Gasteiger partial charge on any atom is -0.505 e. The number of hydrogen-bond acceptors (Lipinski definition) is 6. The summed E-state index contributed by atoms with van der Waals surface area (Å²) in [5.74, 6) is -1.04. The fourth-order valence-corrected chi connectivity index (χ4v) is 2.76. The maximum absolute atomic E-state index is 11.9. The maximum Gasteiger partial charge on any atom is 0.252 e. The fraction of sp³-hybridized carbons (Fsp3) is 0.100. The van der Waals surface area contributed by atoms with Gasteiger partial charge in [-0.1, -0.05) is 24.3 Å². The van der Waals surface area contributed by atoms with Gasteiger partial charge in [-0.3, -0.25) is 9.59 Å². The lowest BCUT2D eigenvalue weighted by Gasteiger charge is -2.09. The van der Waals surface area contributed by atoms with Crippen molar-refractivity contribution in [2.45, 2.75) is 0 Å². The smallest absolute Gasteiger partial charge is 0.252 e. The summed E-state index contributed by atoms with van der Waals surface area (Å²) >= 11 is 0. The highest BCUT2D eigenvalue weighted by molar-refractivity contribution is 6.06. The maximum atomic E-state index is 11.9. The SMILES string of the molecule is CNC(=O)c1ccc(OC)c(/N=N/c2c(O)c(C(N)=O)cc3ccccc23)c1. The molecule has 3 rings (SSSR count). The van der Waals surface area contributed by atoms with Crippen molar-refractivity contribution in [2.75, 3.05) is 14.2 Å². The van der Waals surface area contributed by atoms with Gasteiger partial charge in [0.05, 0.1) is 12.7 Å². The summed E-state index contributed by atoms with van der Waals surface area (Å²) in [5.41, 5.74) is 6.06. The number of hydrogen-bond donors (Lipinski definition) is 3. The summed E-state index contributed by atoms with van der Waals surface area (Å²) in [4.78, 5) is 23.5. The molecule has 0 aliphatic heterocycles. The molecule has 0 unspecified atom stereocenters. The Labute approximate surface area is 160 Å². The molecule has 3 aromatic rings. The van der Waals surface area contributed by atoms with Crippen LogP contribution >= 0.6 is 0 Å². The minimum absolute atomic E-state index is 0.0567. The van der Waals surface area contributed by atoms with E-state index in [4.69, 9.17) is 10.5 Å². The molecular weight excluding hydrogens is 360 g/mol. The third kappa shape index (κ3) is 3.48. The molecule has 3 aromatic carbocycles. The summed E-state index contributed by atoms with van der Waals surface area (Å²) in [6.07, 6.45) is 0. The van der Waals surface area contributed by atoms with E-state index in [9.17, 15) is 14.7 Å². The Hall–Kier alpha value is -3.94. The van der Waals surface area contributed by atoms with E-state index in [0.29, 0.717) is 22.1 Å². The van der Waals surface area contributed by atoms with Crippen LogP contribution < -0.4 is 15.8 Å². The number of nitrogens with one attached hydrogen (secondary N) is 1. The van der Waals surface area contributed by atoms with Crippen molar-refractivity contribution in [1.29, 1.82) is 0 Å². The number of methoxy groups -OCH3 is 1. The van der Waals surface area contributed by atoms with Gasteiger partial charge < -0.3 is 20.9 Å². The number of aromatic hydroxyl groups is 1. The van der Waals surface area contributed by atoms with Gasteiger partial charge in [0.2, 0.25) is 0 Å². The first kappa shape index (κ1) is 18.8. The number of benzene rings is 3. The van der Waals surface area contributed by atoms with Gasteiger partial charge in [0.1, 0.15) is 17.1 Å². The quantitative estimate of drug-likeness (QED) is 0.588. The number of ether oxygens (including phenoxy) is 1. The number of nitrogens with zero attached hydrogens (tertiary/aromatic N) is 2. The first-order chi connectivity index (χ1) is 13.5. The minimum atomic E-state index is -0.779. The summed E-state index contributed by atoms with van der Waals surface area (Å²) in [6, 6.07) is 13.3. The summed E-state index contributed by atoms with van der Waals surface area (Å²) in [6.45, 7) is 0. The Kier molecular flexibility index (Phi) is 5.21. The van der Waals surface area contributed by atoms with Gasteiger partial charge in [0, 0.05) is 18.0 Å². The second-order valence-corrected chi connectivity index (χ2v) is 5.87. The molecule has 8 heteroatoms. The molecule has 0 radical (unpaired) electrons. The van der Waals surface area contributed by atoms with Crippen molar-refractivity contribution in [1.82, 2.24) is 5.32 Å². The first-order valence-electron chi connectivity index (χ1n) is 8.32. The number of carbonyl (C=O) groups is 2. The molecular formula is C20H18N4O4. The molecule has 8 nitrogen and oxygen atoms in total. The highest BCUT2D eigenvalue weighted by atomic mass is 16.5. The van der Waals surface area contributed by atoms with Crippen LogP contribution in [0.4, 0.5) is 11.4 Å². The van der Waals surface area contributed by atoms with E-state index in [2.05, 4.69) is 15.5 Å². The van der Waals surface area contributed by atoms with Crippen LogP contribution in [-0.2, 0) is 0 Å². The van der Waals surface area contributed by atoms with Crippen molar-refractivity contribution >= 4 is 34.0 Å². The van der Waals surface area contributed by atoms with Gasteiger partial charge in [0.15, 0.2) is 5.75 Å². The van der Waals surface area contributed by atoms with Crippen molar-refractivity contribution < 1.29 is 19.4 Å². The Morgan fingerprint density at radius 3 is 2.54 bits per heavy atom. The van der Waals surface area contributed by atoms with Gasteiger partial charge in [0.25, 0.3) is 11.8 Å². The van der Waals surface area contributed by atoms with E-state index in [1.165, 1.54) is 26.3 Å². The summed E-state index contributed by atoms with van der Waals surface area (Å²) in [5, 5.41) is 22.6. The summed E-state index contributed by atoms with van der Waals surface area (Å²) < 4.78 is 5.26. The number of primary amides is 1. The molecule has 0 spiro atoms. The number of rotatable bonds is 5. The number of amides is 2. The van der Waals surface area contributed by atoms with E-state index in [0.717, 1.165) is 0 Å². The van der Waals surface area contributed by atoms with Crippen LogP contribution in [0.1, 0.15) is 20.7 Å². The highest BCUT2D eigenvalue weighted by Gasteiger charge is 2.16. The first-order valence-corrected chi connectivity index (χ1v) is 8.32. The van der Waals surface area contributed by atoms with Crippen LogP contribution in [0.25, 0.3) is 10.8 Å². The topological polar surface area (TPSA) is 126 Å². The normalized spacial score (nSPS) is 10.9. The zero-order chi connectivity index (χ0) is 20.3. The lowest BCUT2D eigenvalue weighted by Crippen LogP contribution is -2.17. The third-order valence-corrected chi connectivity index (χ3v) is 4.19. The van der Waals surface area contributed by atoms with E-state index in [1.54, 1.807) is 36.4 Å². The van der Waals surface area contributed by atoms with Crippen LogP contribution in [0.5, 0.6) is 11.5 Å². The number of azo groups is 1. The average Bonchev–Trinajstić information content (AvgIpc) is 2.71. The average molecular weight is 378 g/mol. The fourth-order valence-electron chi connectivity index (χ4n) is 2.76. The Morgan fingerprint density at radius 2 is 1.86 bits per heavy atom. The number of carbonyl (C=O) groups excluding carboxylic acids is 2. The number of phenols is 1. The molecule has 0 saturated heterocycles. The molecule has 28 heavy (non-hydrogen) atoms. The van der Waals surface area contributed by atoms with Crippen LogP contribution in [0.2, 0.25) is 0 Å². The van der Waals surface area contributed by atoms with E-state index >= 15 is 0 Å². The van der Waals surface area contributed by atoms with Crippen molar-refractivity contribution in [3.8, 4) is 11.5 Å². The van der Waals surface area contributed by atoms with Gasteiger partial charge in [-0.2, -0.15) is 0 Å². The lowest BCUT2D eigenvalue weighted by molar-refractivity contribution is 0.0961. The zero-order valence-electron chi connectivity index (χ0n) is 15.3. The Bertz CT molecular complexity index is 1110. The molecule has 0 aliphatic carbocycles. The molecule has 0 bridgehead atoms. The molecule has 0 aliphatic rings. The number of fused-ring (bicyclic) bond motifs is 1. The second-order valence-electron chi connectivity index (χ2n) is 5.87. The van der Waals surface area contributed by atoms with Crippen LogP contribution in [0, 0.1) is 0 Å². The summed E-state index contributed by atoms with van der Waals surface area (Å²) in [7, 11) is 2.99. The molecule has 2 amide bonds. The van der Waals surface area contributed by atoms with Crippen molar-refractivity contribution in [2.24, 2.45) is 16.0 Å². The number of nitrogens with two attached hydrogens (primary N) is 1. The third-order valence-electron chi connectivity index (χ3n) is 4.19. The predicted molar refractivity (Wildman–Crippen MR) is 105 cm³/mol. The van der Waals surface area contributed by atoms with Gasteiger partial charge in [-0.25, -0.2) is 0 Å². The monoisotopic (exact) mass is 378 g/mol. The standard InChI is InChI=1S/C20H18N4O4/c1-22-20(27)12-7-8-16(28-2)15(10-12)23-24-17-13-6-4-3-5-11(13)9-14(18(17)25)19(21)26/h3-10,25H,1-2H3,(H2,21,26)(H,22,27)/b24-23+. The predicted octanol–water partition coefficient (Wildman–Crippen LogP) is 3.43. The molecule has 4 N–H and O–H groups in total. The Balaban J connectivity index is 2.17. The van der Waals surface area contributed by atoms with Crippen LogP contribution in [0.3, 0.4) is 0 Å². The second kappa shape index (κ2) is 7.75. The molecule has 0 aromatic heterocycles. The van der Waals surface area contributed by atoms with Gasteiger partial charge in [-0.05, 0) is 29.7 Å². The van der Waals surface area contributed by atoms with E-state index in [-0.39, 0.29) is 28.6 Å². The van der Waals surface area contributed by atoms with Crippen LogP contribution in [0.15, 0.2) is 58.8 Å². The van der Waals surface area contributed by atoms with Gasteiger partial charge >= 0.3 is 0 Å². The molecule has 0 heterocycles.